The normalized spacial score (nSPS) is 11.3. The average molecular weight is 420 g/mol. The summed E-state index contributed by atoms with van der Waals surface area (Å²) < 4.78 is 39.8. The Kier molecular flexibility index (Phi) is 5.58. The van der Waals surface area contributed by atoms with Gasteiger partial charge in [0.05, 0.1) is 16.8 Å². The first-order valence-electron chi connectivity index (χ1n) is 9.58. The van der Waals surface area contributed by atoms with Gasteiger partial charge >= 0.3 is 6.18 Å². The van der Waals surface area contributed by atoms with Crippen LogP contribution in [0.15, 0.2) is 79.6 Å². The Morgan fingerprint density at radius 1 is 0.935 bits per heavy atom. The van der Waals surface area contributed by atoms with Crippen LogP contribution in [-0.4, -0.2) is 9.97 Å². The summed E-state index contributed by atoms with van der Waals surface area (Å²) >= 11 is 0. The van der Waals surface area contributed by atoms with E-state index in [9.17, 15) is 13.2 Å². The number of fused-ring (bicyclic) bond motifs is 1. The molecule has 7 heteroatoms. The van der Waals surface area contributed by atoms with Gasteiger partial charge in [0, 0.05) is 23.2 Å². The Bertz CT molecular complexity index is 1230. The number of hydrogen-bond donors (Lipinski definition) is 2. The molecule has 0 saturated heterocycles. The van der Waals surface area contributed by atoms with Crippen LogP contribution in [0.4, 0.5) is 30.4 Å². The third kappa shape index (κ3) is 4.50. The lowest BCUT2D eigenvalue weighted by Gasteiger charge is -2.15. The fourth-order valence-electron chi connectivity index (χ4n) is 3.36. The Morgan fingerprint density at radius 3 is 2.55 bits per heavy atom. The van der Waals surface area contributed by atoms with E-state index in [1.54, 1.807) is 30.3 Å². The fraction of sp³-hybridized carbons (Fsp3) is 0.0833. The maximum atomic E-state index is 13.3. The molecule has 4 aromatic rings. The molecule has 156 valence electrons. The van der Waals surface area contributed by atoms with Crippen LogP contribution in [0.2, 0.25) is 0 Å². The van der Waals surface area contributed by atoms with E-state index in [1.807, 2.05) is 24.3 Å². The van der Waals surface area contributed by atoms with Gasteiger partial charge in [-0.15, -0.1) is 0 Å². The van der Waals surface area contributed by atoms with Crippen LogP contribution in [0.5, 0.6) is 0 Å². The summed E-state index contributed by atoms with van der Waals surface area (Å²) in [7, 11) is 0. The molecule has 3 aromatic carbocycles. The molecule has 0 radical (unpaired) electrons. The Morgan fingerprint density at radius 2 is 1.74 bits per heavy atom. The lowest BCUT2D eigenvalue weighted by molar-refractivity contribution is -0.136. The molecule has 0 aliphatic heterocycles. The second kappa shape index (κ2) is 8.47. The van der Waals surface area contributed by atoms with Crippen molar-refractivity contribution in [1.82, 2.24) is 9.97 Å². The van der Waals surface area contributed by atoms with Crippen molar-refractivity contribution in [2.45, 2.75) is 12.7 Å². The highest BCUT2D eigenvalue weighted by Crippen LogP contribution is 2.36. The summed E-state index contributed by atoms with van der Waals surface area (Å²) in [5.74, 6) is 0.675. The molecular formula is C24H19F3N4. The van der Waals surface area contributed by atoms with Crippen molar-refractivity contribution in [1.29, 1.82) is 0 Å². The van der Waals surface area contributed by atoms with E-state index >= 15 is 0 Å². The molecule has 0 aliphatic carbocycles. The molecule has 1 heterocycles. The van der Waals surface area contributed by atoms with Crippen molar-refractivity contribution < 1.29 is 13.2 Å². The summed E-state index contributed by atoms with van der Waals surface area (Å²) in [5, 5.41) is 7.04. The van der Waals surface area contributed by atoms with E-state index in [4.69, 9.17) is 0 Å². The second-order valence-electron chi connectivity index (χ2n) is 6.89. The van der Waals surface area contributed by atoms with Gasteiger partial charge in [0.25, 0.3) is 0 Å². The number of alkyl halides is 3. The number of aromatic nitrogens is 2. The molecule has 0 spiro atoms. The summed E-state index contributed by atoms with van der Waals surface area (Å²) in [5.41, 5.74) is 2.48. The predicted molar refractivity (Wildman–Crippen MR) is 118 cm³/mol. The lowest BCUT2D eigenvalue weighted by atomic mass is 10.1. The molecule has 4 rings (SSSR count). The van der Waals surface area contributed by atoms with Crippen molar-refractivity contribution in [3.05, 3.63) is 96.3 Å². The summed E-state index contributed by atoms with van der Waals surface area (Å²) in [6.45, 7) is 4.26. The van der Waals surface area contributed by atoms with Gasteiger partial charge in [-0.05, 0) is 35.9 Å². The fourth-order valence-corrected chi connectivity index (χ4v) is 3.36. The number of nitrogens with zero attached hydrogens (tertiary/aromatic N) is 2. The Hall–Kier alpha value is -3.87. The van der Waals surface area contributed by atoms with Gasteiger partial charge in [-0.2, -0.15) is 13.2 Å². The van der Waals surface area contributed by atoms with Crippen LogP contribution in [0, 0.1) is 0 Å². The number of rotatable bonds is 6. The van der Waals surface area contributed by atoms with Crippen LogP contribution < -0.4 is 10.6 Å². The van der Waals surface area contributed by atoms with Crippen LogP contribution in [0.25, 0.3) is 17.0 Å². The van der Waals surface area contributed by atoms with Crippen molar-refractivity contribution in [2.24, 2.45) is 0 Å². The molecule has 0 atom stereocenters. The van der Waals surface area contributed by atoms with Crippen molar-refractivity contribution in [3.63, 3.8) is 0 Å². The molecule has 4 nitrogen and oxygen atoms in total. The number of nitrogens with one attached hydrogen (secondary N) is 2. The van der Waals surface area contributed by atoms with E-state index < -0.39 is 11.7 Å². The zero-order valence-electron chi connectivity index (χ0n) is 16.4. The third-order valence-electron chi connectivity index (χ3n) is 4.81. The monoisotopic (exact) mass is 420 g/mol. The van der Waals surface area contributed by atoms with E-state index in [-0.39, 0.29) is 5.69 Å². The van der Waals surface area contributed by atoms with E-state index in [1.165, 1.54) is 18.5 Å². The molecule has 1 aromatic heterocycles. The van der Waals surface area contributed by atoms with Gasteiger partial charge in [-0.3, -0.25) is 0 Å². The summed E-state index contributed by atoms with van der Waals surface area (Å²) in [6, 6.07) is 18.4. The van der Waals surface area contributed by atoms with Gasteiger partial charge in [-0.25, -0.2) is 9.97 Å². The maximum Gasteiger partial charge on any atom is 0.418 e. The van der Waals surface area contributed by atoms with Crippen LogP contribution >= 0.6 is 0 Å². The molecule has 0 saturated carbocycles. The highest BCUT2D eigenvalue weighted by molar-refractivity contribution is 5.94. The molecular weight excluding hydrogens is 401 g/mol. The predicted octanol–water partition coefficient (Wildman–Crippen LogP) is 6.65. The number of benzene rings is 3. The van der Waals surface area contributed by atoms with Gasteiger partial charge in [0.15, 0.2) is 0 Å². The SMILES string of the molecule is C=Cc1cccc2c(NCc3cccc(Nc4ccccc4C(F)(F)F)c3)ncnc12. The van der Waals surface area contributed by atoms with Gasteiger partial charge < -0.3 is 10.6 Å². The molecule has 0 bridgehead atoms. The Labute approximate surface area is 177 Å². The molecule has 0 unspecified atom stereocenters. The van der Waals surface area contributed by atoms with Crippen molar-refractivity contribution in [3.8, 4) is 0 Å². The molecule has 0 fully saturated rings. The smallest absolute Gasteiger partial charge is 0.365 e. The van der Waals surface area contributed by atoms with Gasteiger partial charge in [0.2, 0.25) is 0 Å². The zero-order valence-corrected chi connectivity index (χ0v) is 16.4. The lowest BCUT2D eigenvalue weighted by Crippen LogP contribution is -2.08. The van der Waals surface area contributed by atoms with Gasteiger partial charge in [0.1, 0.15) is 12.1 Å². The number of anilines is 3. The summed E-state index contributed by atoms with van der Waals surface area (Å²) in [6.07, 6.45) is -1.20. The molecule has 0 amide bonds. The van der Waals surface area contributed by atoms with Crippen molar-refractivity contribution in [2.75, 3.05) is 10.6 Å². The second-order valence-corrected chi connectivity index (χ2v) is 6.89. The van der Waals surface area contributed by atoms with Crippen LogP contribution in [0.1, 0.15) is 16.7 Å². The molecule has 0 aliphatic rings. The standard InChI is InChI=1S/C24H19F3N4/c1-2-17-8-6-10-19-22(17)29-15-30-23(19)28-14-16-7-5-9-18(13-16)31-21-12-4-3-11-20(21)24(25,26)27/h2-13,15,31H,1,14H2,(H,28,29,30). The van der Waals surface area contributed by atoms with Crippen LogP contribution in [-0.2, 0) is 12.7 Å². The van der Waals surface area contributed by atoms with Crippen molar-refractivity contribution >= 4 is 34.2 Å². The minimum atomic E-state index is -4.43. The summed E-state index contributed by atoms with van der Waals surface area (Å²) in [4.78, 5) is 8.66. The first-order valence-corrected chi connectivity index (χ1v) is 9.58. The topological polar surface area (TPSA) is 49.8 Å². The van der Waals surface area contributed by atoms with E-state index in [2.05, 4.69) is 27.2 Å². The van der Waals surface area contributed by atoms with Crippen LogP contribution in [0.3, 0.4) is 0 Å². The molecule has 2 N–H and O–H groups in total. The average Bonchev–Trinajstić information content (AvgIpc) is 2.77. The van der Waals surface area contributed by atoms with E-state index in [0.717, 1.165) is 28.1 Å². The largest absolute Gasteiger partial charge is 0.418 e. The quantitative estimate of drug-likeness (QED) is 0.367. The third-order valence-corrected chi connectivity index (χ3v) is 4.81. The minimum Gasteiger partial charge on any atom is -0.365 e. The van der Waals surface area contributed by atoms with E-state index in [0.29, 0.717) is 18.1 Å². The minimum absolute atomic E-state index is 0.0128. The maximum absolute atomic E-state index is 13.3. The first-order chi connectivity index (χ1) is 15.0. The number of halogens is 3. The van der Waals surface area contributed by atoms with Gasteiger partial charge in [-0.1, -0.05) is 49.1 Å². The highest BCUT2D eigenvalue weighted by Gasteiger charge is 2.33. The number of para-hydroxylation sites is 2. The number of hydrogen-bond acceptors (Lipinski definition) is 4. The zero-order chi connectivity index (χ0) is 21.8. The first kappa shape index (κ1) is 20.4. The molecule has 31 heavy (non-hydrogen) atoms. The Balaban J connectivity index is 1.55. The highest BCUT2D eigenvalue weighted by atomic mass is 19.4.